The van der Waals surface area contributed by atoms with Crippen molar-refractivity contribution in [3.63, 3.8) is 0 Å². The molecule has 3 aromatic carbocycles. The van der Waals surface area contributed by atoms with E-state index in [1.807, 2.05) is 78.9 Å². The van der Waals surface area contributed by atoms with E-state index in [1.54, 1.807) is 0 Å². The van der Waals surface area contributed by atoms with Gasteiger partial charge >= 0.3 is 0 Å². The third kappa shape index (κ3) is 4.23. The van der Waals surface area contributed by atoms with E-state index in [4.69, 9.17) is 0 Å². The molecule has 1 N–H and O–H groups in total. The van der Waals surface area contributed by atoms with E-state index in [1.165, 1.54) is 5.56 Å². The Morgan fingerprint density at radius 1 is 0.760 bits per heavy atom. The minimum Gasteiger partial charge on any atom is -0.297 e. The molecular formula is C23H23NO. The first-order chi connectivity index (χ1) is 12.3. The molecule has 0 amide bonds. The minimum absolute atomic E-state index is 0.0983. The Hall–Kier alpha value is -2.71. The molecule has 0 saturated carbocycles. The first-order valence-electron chi connectivity index (χ1n) is 8.74. The monoisotopic (exact) mass is 329 g/mol. The summed E-state index contributed by atoms with van der Waals surface area (Å²) in [6.07, 6.45) is 0.912. The van der Waals surface area contributed by atoms with E-state index in [-0.39, 0.29) is 17.9 Å². The molecule has 0 unspecified atom stereocenters. The van der Waals surface area contributed by atoms with Crippen LogP contribution in [0.15, 0.2) is 91.0 Å². The molecule has 0 aliphatic carbocycles. The molecule has 0 radical (unpaired) electrons. The van der Waals surface area contributed by atoms with Crippen LogP contribution in [0.4, 0.5) is 0 Å². The van der Waals surface area contributed by atoms with Gasteiger partial charge in [-0.3, -0.25) is 10.1 Å². The summed E-state index contributed by atoms with van der Waals surface area (Å²) in [5, 5.41) is 3.59. The van der Waals surface area contributed by atoms with Gasteiger partial charge in [0.05, 0.1) is 6.04 Å². The second-order valence-electron chi connectivity index (χ2n) is 6.11. The lowest BCUT2D eigenvalue weighted by atomic mass is 9.94. The van der Waals surface area contributed by atoms with Crippen molar-refractivity contribution in [2.45, 2.75) is 25.4 Å². The number of rotatable bonds is 7. The third-order valence-electron chi connectivity index (χ3n) is 4.43. The van der Waals surface area contributed by atoms with Crippen LogP contribution in [-0.2, 0) is 0 Å². The summed E-state index contributed by atoms with van der Waals surface area (Å²) in [4.78, 5) is 13.2. The Labute approximate surface area is 149 Å². The van der Waals surface area contributed by atoms with Crippen LogP contribution in [0.5, 0.6) is 0 Å². The average molecular weight is 329 g/mol. The SMILES string of the molecule is CC[C@H](N[C@@H](C(=O)c1ccccc1)c1ccccc1)c1ccccc1. The molecular weight excluding hydrogens is 306 g/mol. The molecule has 0 bridgehead atoms. The minimum atomic E-state index is -0.367. The van der Waals surface area contributed by atoms with Gasteiger partial charge in [0.25, 0.3) is 0 Å². The van der Waals surface area contributed by atoms with Gasteiger partial charge in [-0.25, -0.2) is 0 Å². The lowest BCUT2D eigenvalue weighted by Crippen LogP contribution is -2.32. The summed E-state index contributed by atoms with van der Waals surface area (Å²) >= 11 is 0. The maximum Gasteiger partial charge on any atom is 0.184 e. The highest BCUT2D eigenvalue weighted by Gasteiger charge is 2.24. The van der Waals surface area contributed by atoms with Crippen LogP contribution in [0, 0.1) is 0 Å². The highest BCUT2D eigenvalue weighted by atomic mass is 16.1. The highest BCUT2D eigenvalue weighted by Crippen LogP contribution is 2.25. The van der Waals surface area contributed by atoms with Crippen molar-refractivity contribution in [3.8, 4) is 0 Å². The quantitative estimate of drug-likeness (QED) is 0.592. The Kier molecular flexibility index (Phi) is 5.76. The fraction of sp³-hybridized carbons (Fsp3) is 0.174. The van der Waals surface area contributed by atoms with Crippen LogP contribution in [0.25, 0.3) is 0 Å². The zero-order valence-corrected chi connectivity index (χ0v) is 14.4. The third-order valence-corrected chi connectivity index (χ3v) is 4.43. The standard InChI is InChI=1S/C23H23NO/c1-2-21(18-12-6-3-7-13-18)24-22(19-14-8-4-9-15-19)23(25)20-16-10-5-11-17-20/h3-17,21-22,24H,2H2,1H3/t21-,22+/m0/s1. The van der Waals surface area contributed by atoms with Gasteiger partial charge in [-0.05, 0) is 17.5 Å². The van der Waals surface area contributed by atoms with Crippen molar-refractivity contribution < 1.29 is 4.79 Å². The molecule has 0 fully saturated rings. The van der Waals surface area contributed by atoms with Crippen molar-refractivity contribution >= 4 is 5.78 Å². The Balaban J connectivity index is 1.93. The number of benzene rings is 3. The molecule has 0 heterocycles. The molecule has 2 heteroatoms. The van der Waals surface area contributed by atoms with Crippen molar-refractivity contribution in [2.75, 3.05) is 0 Å². The van der Waals surface area contributed by atoms with Crippen LogP contribution in [0.1, 0.15) is 46.9 Å². The van der Waals surface area contributed by atoms with Crippen LogP contribution in [0.3, 0.4) is 0 Å². The fourth-order valence-corrected chi connectivity index (χ4v) is 3.07. The predicted octanol–water partition coefficient (Wildman–Crippen LogP) is 5.35. The number of nitrogens with one attached hydrogen (secondary N) is 1. The van der Waals surface area contributed by atoms with Crippen LogP contribution >= 0.6 is 0 Å². The summed E-state index contributed by atoms with van der Waals surface area (Å²) in [5.74, 6) is 0.0983. The van der Waals surface area contributed by atoms with Gasteiger partial charge in [-0.1, -0.05) is 97.9 Å². The summed E-state index contributed by atoms with van der Waals surface area (Å²) < 4.78 is 0. The number of Topliss-reactive ketones (excluding diaryl/α,β-unsaturated/α-hetero) is 1. The summed E-state index contributed by atoms with van der Waals surface area (Å²) in [6.45, 7) is 2.14. The van der Waals surface area contributed by atoms with E-state index in [2.05, 4.69) is 24.4 Å². The summed E-state index contributed by atoms with van der Waals surface area (Å²) in [5.41, 5.74) is 2.92. The van der Waals surface area contributed by atoms with Gasteiger partial charge in [0.2, 0.25) is 0 Å². The number of hydrogen-bond acceptors (Lipinski definition) is 2. The number of carbonyl (C=O) groups excluding carboxylic acids is 1. The normalized spacial score (nSPS) is 13.2. The van der Waals surface area contributed by atoms with Crippen molar-refractivity contribution in [2.24, 2.45) is 0 Å². The number of carbonyl (C=O) groups is 1. The largest absolute Gasteiger partial charge is 0.297 e. The fourth-order valence-electron chi connectivity index (χ4n) is 3.07. The molecule has 0 spiro atoms. The molecule has 25 heavy (non-hydrogen) atoms. The van der Waals surface area contributed by atoms with Gasteiger partial charge in [0, 0.05) is 11.6 Å². The highest BCUT2D eigenvalue weighted by molar-refractivity contribution is 6.00. The average Bonchev–Trinajstić information content (AvgIpc) is 2.70. The van der Waals surface area contributed by atoms with Crippen molar-refractivity contribution in [3.05, 3.63) is 108 Å². The Bertz CT molecular complexity index is 784. The predicted molar refractivity (Wildman–Crippen MR) is 103 cm³/mol. The molecule has 0 aliphatic heterocycles. The molecule has 3 rings (SSSR count). The van der Waals surface area contributed by atoms with Gasteiger partial charge in [0.1, 0.15) is 0 Å². The lowest BCUT2D eigenvalue weighted by molar-refractivity contribution is 0.0935. The molecule has 0 aromatic heterocycles. The second-order valence-corrected chi connectivity index (χ2v) is 6.11. The van der Waals surface area contributed by atoms with Gasteiger partial charge in [-0.15, -0.1) is 0 Å². The number of ketones is 1. The second kappa shape index (κ2) is 8.41. The zero-order valence-electron chi connectivity index (χ0n) is 14.4. The molecule has 3 aromatic rings. The van der Waals surface area contributed by atoms with Crippen LogP contribution in [0.2, 0.25) is 0 Å². The van der Waals surface area contributed by atoms with Gasteiger partial charge in [0.15, 0.2) is 5.78 Å². The summed E-state index contributed by atoms with van der Waals surface area (Å²) in [6, 6.07) is 29.5. The molecule has 2 nitrogen and oxygen atoms in total. The molecule has 0 aliphatic rings. The van der Waals surface area contributed by atoms with Crippen LogP contribution in [-0.4, -0.2) is 5.78 Å². The molecule has 0 saturated heterocycles. The first-order valence-corrected chi connectivity index (χ1v) is 8.74. The van der Waals surface area contributed by atoms with Crippen molar-refractivity contribution in [1.29, 1.82) is 0 Å². The van der Waals surface area contributed by atoms with E-state index < -0.39 is 0 Å². The van der Waals surface area contributed by atoms with E-state index >= 15 is 0 Å². The Morgan fingerprint density at radius 3 is 1.76 bits per heavy atom. The zero-order chi connectivity index (χ0) is 17.5. The molecule has 2 atom stereocenters. The van der Waals surface area contributed by atoms with E-state index in [0.717, 1.165) is 17.5 Å². The molecule has 126 valence electrons. The summed E-state index contributed by atoms with van der Waals surface area (Å²) in [7, 11) is 0. The topological polar surface area (TPSA) is 29.1 Å². The maximum absolute atomic E-state index is 13.2. The first kappa shape index (κ1) is 17.1. The van der Waals surface area contributed by atoms with E-state index in [9.17, 15) is 4.79 Å². The van der Waals surface area contributed by atoms with Crippen molar-refractivity contribution in [1.82, 2.24) is 5.32 Å². The van der Waals surface area contributed by atoms with E-state index in [0.29, 0.717) is 0 Å². The number of hydrogen-bond donors (Lipinski definition) is 1. The maximum atomic E-state index is 13.2. The van der Waals surface area contributed by atoms with Gasteiger partial charge < -0.3 is 0 Å². The lowest BCUT2D eigenvalue weighted by Gasteiger charge is -2.25. The smallest absolute Gasteiger partial charge is 0.184 e. The Morgan fingerprint density at radius 2 is 1.24 bits per heavy atom. The van der Waals surface area contributed by atoms with Crippen LogP contribution < -0.4 is 5.32 Å². The van der Waals surface area contributed by atoms with Gasteiger partial charge in [-0.2, -0.15) is 0 Å².